The number of rotatable bonds is 11. The lowest BCUT2D eigenvalue weighted by atomic mass is 9.64. The Morgan fingerprint density at radius 3 is 2.70 bits per heavy atom. The quantitative estimate of drug-likeness (QED) is 0.530. The van der Waals surface area contributed by atoms with Crippen LogP contribution in [0.25, 0.3) is 0 Å². The predicted octanol–water partition coefficient (Wildman–Crippen LogP) is 5.22. The Morgan fingerprint density at radius 2 is 2.13 bits per heavy atom. The molecule has 2 atom stereocenters. The fraction of sp³-hybridized carbons (Fsp3) is 0.750. The van der Waals surface area contributed by atoms with Gasteiger partial charge in [-0.1, -0.05) is 70.3 Å². The molecule has 0 spiro atoms. The van der Waals surface area contributed by atoms with Gasteiger partial charge in [-0.2, -0.15) is 0 Å². The fourth-order valence-corrected chi connectivity index (χ4v) is 3.69. The van der Waals surface area contributed by atoms with Crippen molar-refractivity contribution in [3.8, 4) is 0 Å². The van der Waals surface area contributed by atoms with E-state index in [1.165, 1.54) is 12.0 Å². The molecule has 3 heteroatoms. The summed E-state index contributed by atoms with van der Waals surface area (Å²) in [5, 5.41) is 10.0. The van der Waals surface area contributed by atoms with E-state index in [4.69, 9.17) is 4.74 Å². The van der Waals surface area contributed by atoms with E-state index >= 15 is 0 Å². The van der Waals surface area contributed by atoms with Crippen LogP contribution in [0.5, 0.6) is 0 Å². The maximum atomic E-state index is 12.2. The molecule has 1 N–H and O–H groups in total. The Kier molecular flexibility index (Phi) is 8.60. The summed E-state index contributed by atoms with van der Waals surface area (Å²) < 4.78 is 5.26. The van der Waals surface area contributed by atoms with Gasteiger partial charge in [-0.15, -0.1) is 0 Å². The molecule has 23 heavy (non-hydrogen) atoms. The molecule has 0 aromatic carbocycles. The van der Waals surface area contributed by atoms with Crippen molar-refractivity contribution >= 4 is 5.97 Å². The van der Waals surface area contributed by atoms with Crippen LogP contribution in [0.1, 0.15) is 65.7 Å². The smallest absolute Gasteiger partial charge is 0.314 e. The zero-order chi connectivity index (χ0) is 17.3. The van der Waals surface area contributed by atoms with Crippen molar-refractivity contribution in [1.29, 1.82) is 0 Å². The second-order valence-electron chi connectivity index (χ2n) is 7.17. The van der Waals surface area contributed by atoms with Crippen molar-refractivity contribution in [1.82, 2.24) is 0 Å². The van der Waals surface area contributed by atoms with Crippen LogP contribution < -0.4 is 0 Å². The fourth-order valence-electron chi connectivity index (χ4n) is 3.69. The Bertz CT molecular complexity index is 423. The molecular weight excluding hydrogens is 288 g/mol. The van der Waals surface area contributed by atoms with E-state index in [9.17, 15) is 9.90 Å². The summed E-state index contributed by atoms with van der Waals surface area (Å²) >= 11 is 0. The van der Waals surface area contributed by atoms with Gasteiger partial charge in [-0.25, -0.2) is 0 Å². The van der Waals surface area contributed by atoms with Crippen LogP contribution in [0.15, 0.2) is 23.8 Å². The van der Waals surface area contributed by atoms with E-state index in [-0.39, 0.29) is 5.92 Å². The first kappa shape index (κ1) is 20.0. The normalized spacial score (nSPS) is 24.0. The summed E-state index contributed by atoms with van der Waals surface area (Å²) in [6, 6.07) is 0. The third-order valence-electron chi connectivity index (χ3n) is 4.94. The number of carboxylic acids is 1. The van der Waals surface area contributed by atoms with E-state index in [0.717, 1.165) is 38.5 Å². The number of aliphatic carboxylic acids is 1. The van der Waals surface area contributed by atoms with Gasteiger partial charge in [0.05, 0.1) is 5.41 Å². The average molecular weight is 322 g/mol. The molecule has 3 nitrogen and oxygen atoms in total. The van der Waals surface area contributed by atoms with Crippen LogP contribution in [-0.2, 0) is 9.53 Å². The molecule has 0 aliphatic heterocycles. The standard InChI is InChI=1S/C20H34O3/c1-5-9-17-11-8-14-20(19(21)22,18(17)12-15-23-4)13-7-6-10-16(2)3/h8,11,14,16,18H,5-7,9-10,12-13,15H2,1-4H3,(H,21,22). The van der Waals surface area contributed by atoms with Crippen molar-refractivity contribution in [2.24, 2.45) is 17.3 Å². The second-order valence-corrected chi connectivity index (χ2v) is 7.17. The lowest BCUT2D eigenvalue weighted by molar-refractivity contribution is -0.149. The minimum atomic E-state index is -0.755. The van der Waals surface area contributed by atoms with Gasteiger partial charge in [0.2, 0.25) is 0 Å². The summed E-state index contributed by atoms with van der Waals surface area (Å²) in [6.45, 7) is 7.20. The summed E-state index contributed by atoms with van der Waals surface area (Å²) in [4.78, 5) is 12.2. The van der Waals surface area contributed by atoms with Gasteiger partial charge < -0.3 is 9.84 Å². The number of allylic oxidation sites excluding steroid dienone is 3. The largest absolute Gasteiger partial charge is 0.481 e. The minimum absolute atomic E-state index is 0.0592. The van der Waals surface area contributed by atoms with Crippen molar-refractivity contribution in [3.63, 3.8) is 0 Å². The number of carboxylic acid groups (broad SMARTS) is 1. The van der Waals surface area contributed by atoms with Crippen molar-refractivity contribution < 1.29 is 14.6 Å². The van der Waals surface area contributed by atoms with Gasteiger partial charge in [0.25, 0.3) is 0 Å². The summed E-state index contributed by atoms with van der Waals surface area (Å²) in [7, 11) is 1.69. The van der Waals surface area contributed by atoms with Crippen LogP contribution >= 0.6 is 0 Å². The number of hydrogen-bond donors (Lipinski definition) is 1. The first-order chi connectivity index (χ1) is 11.0. The highest BCUT2D eigenvalue weighted by Gasteiger charge is 2.45. The molecule has 0 saturated carbocycles. The predicted molar refractivity (Wildman–Crippen MR) is 95.5 cm³/mol. The van der Waals surface area contributed by atoms with Gasteiger partial charge in [-0.3, -0.25) is 4.79 Å². The molecule has 0 fully saturated rings. The Labute approximate surface area is 141 Å². The molecule has 1 rings (SSSR count). The highest BCUT2D eigenvalue weighted by Crippen LogP contribution is 2.45. The molecule has 2 unspecified atom stereocenters. The third kappa shape index (κ3) is 5.49. The zero-order valence-corrected chi connectivity index (χ0v) is 15.3. The van der Waals surface area contributed by atoms with Gasteiger partial charge in [0.1, 0.15) is 0 Å². The SMILES string of the molecule is CCCC1=CC=CC(CCCCC(C)C)(C(=O)O)C1CCOC. The second kappa shape index (κ2) is 9.92. The molecule has 0 amide bonds. The zero-order valence-electron chi connectivity index (χ0n) is 15.3. The molecular formula is C20H34O3. The van der Waals surface area contributed by atoms with Crippen LogP contribution in [0, 0.1) is 17.3 Å². The maximum Gasteiger partial charge on any atom is 0.314 e. The highest BCUT2D eigenvalue weighted by molar-refractivity contribution is 5.79. The van der Waals surface area contributed by atoms with Crippen molar-refractivity contribution in [2.45, 2.75) is 65.7 Å². The molecule has 0 aromatic rings. The molecule has 1 aliphatic rings. The number of carbonyl (C=O) groups is 1. The lowest BCUT2D eigenvalue weighted by Crippen LogP contribution is -2.40. The monoisotopic (exact) mass is 322 g/mol. The van der Waals surface area contributed by atoms with Gasteiger partial charge in [0.15, 0.2) is 0 Å². The van der Waals surface area contributed by atoms with Crippen LogP contribution in [0.4, 0.5) is 0 Å². The molecule has 0 heterocycles. The minimum Gasteiger partial charge on any atom is -0.481 e. The topological polar surface area (TPSA) is 46.5 Å². The van der Waals surface area contributed by atoms with E-state index < -0.39 is 11.4 Å². The molecule has 0 radical (unpaired) electrons. The Hall–Kier alpha value is -1.09. The third-order valence-corrected chi connectivity index (χ3v) is 4.94. The van der Waals surface area contributed by atoms with E-state index in [1.54, 1.807) is 7.11 Å². The number of unbranched alkanes of at least 4 members (excludes halogenated alkanes) is 1. The van der Waals surface area contributed by atoms with Crippen LogP contribution in [0.3, 0.4) is 0 Å². The number of methoxy groups -OCH3 is 1. The van der Waals surface area contributed by atoms with Crippen molar-refractivity contribution in [3.05, 3.63) is 23.8 Å². The first-order valence-corrected chi connectivity index (χ1v) is 9.08. The Balaban J connectivity index is 2.92. The number of ether oxygens (including phenoxy) is 1. The lowest BCUT2D eigenvalue weighted by Gasteiger charge is -2.39. The molecule has 0 aromatic heterocycles. The molecule has 0 bridgehead atoms. The number of hydrogen-bond acceptors (Lipinski definition) is 2. The molecule has 132 valence electrons. The summed E-state index contributed by atoms with van der Waals surface area (Å²) in [5.74, 6) is 0.0579. The van der Waals surface area contributed by atoms with E-state index in [0.29, 0.717) is 12.5 Å². The molecule has 0 saturated heterocycles. The summed E-state index contributed by atoms with van der Waals surface area (Å²) in [6.07, 6.45) is 12.8. The average Bonchev–Trinajstić information content (AvgIpc) is 2.50. The van der Waals surface area contributed by atoms with E-state index in [1.807, 2.05) is 12.2 Å². The summed E-state index contributed by atoms with van der Waals surface area (Å²) in [5.41, 5.74) is 0.521. The van der Waals surface area contributed by atoms with Crippen LogP contribution in [0.2, 0.25) is 0 Å². The Morgan fingerprint density at radius 1 is 1.39 bits per heavy atom. The molecule has 1 aliphatic carbocycles. The highest BCUT2D eigenvalue weighted by atomic mass is 16.5. The van der Waals surface area contributed by atoms with Gasteiger partial charge in [0, 0.05) is 19.6 Å². The van der Waals surface area contributed by atoms with Gasteiger partial charge >= 0.3 is 5.97 Å². The maximum absolute atomic E-state index is 12.2. The van der Waals surface area contributed by atoms with Crippen molar-refractivity contribution in [2.75, 3.05) is 13.7 Å². The van der Waals surface area contributed by atoms with Crippen LogP contribution in [-0.4, -0.2) is 24.8 Å². The van der Waals surface area contributed by atoms with Gasteiger partial charge in [-0.05, 0) is 25.2 Å². The first-order valence-electron chi connectivity index (χ1n) is 9.08. The van der Waals surface area contributed by atoms with E-state index in [2.05, 4.69) is 26.8 Å².